The van der Waals surface area contributed by atoms with Crippen LogP contribution in [0.4, 0.5) is 17.3 Å². The molecule has 0 spiro atoms. The molecule has 0 aliphatic rings. The summed E-state index contributed by atoms with van der Waals surface area (Å²) < 4.78 is 1.02. The lowest BCUT2D eigenvalue weighted by molar-refractivity contribution is 0.0992. The standard InChI is InChI=1S/C19H17BrN4O/c1-13-10-15(20)8-9-17(13)23-19-21-11-14(12-22-19)18(25)24(2)16-6-4-3-5-7-16/h3-12H,1-2H3,(H,21,22,23). The Kier molecular flexibility index (Phi) is 5.09. The highest BCUT2D eigenvalue weighted by molar-refractivity contribution is 9.10. The first kappa shape index (κ1) is 17.1. The highest BCUT2D eigenvalue weighted by atomic mass is 79.9. The highest BCUT2D eigenvalue weighted by Gasteiger charge is 2.14. The van der Waals surface area contributed by atoms with E-state index < -0.39 is 0 Å². The average molecular weight is 397 g/mol. The summed E-state index contributed by atoms with van der Waals surface area (Å²) in [7, 11) is 1.73. The number of benzene rings is 2. The van der Waals surface area contributed by atoms with Crippen LogP contribution in [0.2, 0.25) is 0 Å². The minimum atomic E-state index is -0.155. The third-order valence-corrected chi connectivity index (χ3v) is 4.28. The van der Waals surface area contributed by atoms with E-state index in [2.05, 4.69) is 31.2 Å². The number of hydrogen-bond acceptors (Lipinski definition) is 4. The third kappa shape index (κ3) is 4.03. The summed E-state index contributed by atoms with van der Waals surface area (Å²) in [6, 6.07) is 15.4. The van der Waals surface area contributed by atoms with E-state index in [0.717, 1.165) is 21.4 Å². The van der Waals surface area contributed by atoms with E-state index in [1.807, 2.05) is 55.5 Å². The Morgan fingerprint density at radius 3 is 2.40 bits per heavy atom. The van der Waals surface area contributed by atoms with Gasteiger partial charge >= 0.3 is 0 Å². The molecule has 0 unspecified atom stereocenters. The van der Waals surface area contributed by atoms with Crippen LogP contribution in [0.3, 0.4) is 0 Å². The zero-order valence-corrected chi connectivity index (χ0v) is 15.5. The molecule has 1 N–H and O–H groups in total. The van der Waals surface area contributed by atoms with E-state index in [0.29, 0.717) is 11.5 Å². The summed E-state index contributed by atoms with van der Waals surface area (Å²) in [5, 5.41) is 3.16. The SMILES string of the molecule is Cc1cc(Br)ccc1Nc1ncc(C(=O)N(C)c2ccccc2)cn1. The van der Waals surface area contributed by atoms with Gasteiger partial charge in [0.1, 0.15) is 0 Å². The van der Waals surface area contributed by atoms with Gasteiger partial charge in [0.25, 0.3) is 5.91 Å². The van der Waals surface area contributed by atoms with Gasteiger partial charge in [0.05, 0.1) is 5.56 Å². The van der Waals surface area contributed by atoms with Crippen LogP contribution in [0.5, 0.6) is 0 Å². The number of amides is 1. The third-order valence-electron chi connectivity index (χ3n) is 3.78. The molecule has 0 saturated carbocycles. The van der Waals surface area contributed by atoms with E-state index in [1.54, 1.807) is 11.9 Å². The number of carbonyl (C=O) groups is 1. The number of aryl methyl sites for hydroxylation is 1. The van der Waals surface area contributed by atoms with Crippen molar-refractivity contribution in [2.75, 3.05) is 17.3 Å². The lowest BCUT2D eigenvalue weighted by Crippen LogP contribution is -2.26. The maximum Gasteiger partial charge on any atom is 0.261 e. The summed E-state index contributed by atoms with van der Waals surface area (Å²) in [5.41, 5.74) is 3.25. The fourth-order valence-corrected chi connectivity index (χ4v) is 2.83. The van der Waals surface area contributed by atoms with E-state index in [-0.39, 0.29) is 5.91 Å². The number of rotatable bonds is 4. The smallest absolute Gasteiger partial charge is 0.261 e. The molecule has 0 saturated heterocycles. The minimum Gasteiger partial charge on any atom is -0.324 e. The summed E-state index contributed by atoms with van der Waals surface area (Å²) in [4.78, 5) is 22.6. The Bertz CT molecular complexity index is 882. The van der Waals surface area contributed by atoms with Crippen molar-refractivity contribution in [2.45, 2.75) is 6.92 Å². The molecule has 6 heteroatoms. The monoisotopic (exact) mass is 396 g/mol. The first-order valence-electron chi connectivity index (χ1n) is 7.73. The molecule has 0 aliphatic carbocycles. The summed E-state index contributed by atoms with van der Waals surface area (Å²) in [6.45, 7) is 2.00. The number of hydrogen-bond donors (Lipinski definition) is 1. The quantitative estimate of drug-likeness (QED) is 0.701. The van der Waals surface area contributed by atoms with Gasteiger partial charge in [0.2, 0.25) is 5.95 Å². The second-order valence-electron chi connectivity index (χ2n) is 5.58. The average Bonchev–Trinajstić information content (AvgIpc) is 2.64. The van der Waals surface area contributed by atoms with Crippen molar-refractivity contribution in [2.24, 2.45) is 0 Å². The number of halogens is 1. The van der Waals surface area contributed by atoms with Gasteiger partial charge < -0.3 is 10.2 Å². The van der Waals surface area contributed by atoms with Gasteiger partial charge in [0, 0.05) is 35.3 Å². The van der Waals surface area contributed by atoms with Crippen molar-refractivity contribution in [1.82, 2.24) is 9.97 Å². The molecule has 1 aromatic heterocycles. The molecule has 5 nitrogen and oxygen atoms in total. The lowest BCUT2D eigenvalue weighted by atomic mass is 10.2. The van der Waals surface area contributed by atoms with Crippen molar-refractivity contribution in [3.63, 3.8) is 0 Å². The summed E-state index contributed by atoms with van der Waals surface area (Å²) in [5.74, 6) is 0.293. The van der Waals surface area contributed by atoms with Gasteiger partial charge in [-0.1, -0.05) is 34.1 Å². The van der Waals surface area contributed by atoms with Crippen LogP contribution in [-0.4, -0.2) is 22.9 Å². The van der Waals surface area contributed by atoms with Gasteiger partial charge in [0.15, 0.2) is 0 Å². The zero-order chi connectivity index (χ0) is 17.8. The fraction of sp³-hybridized carbons (Fsp3) is 0.105. The molecule has 0 fully saturated rings. The van der Waals surface area contributed by atoms with Crippen molar-refractivity contribution < 1.29 is 4.79 Å². The van der Waals surface area contributed by atoms with E-state index in [1.165, 1.54) is 12.4 Å². The number of nitrogens with one attached hydrogen (secondary N) is 1. The summed E-state index contributed by atoms with van der Waals surface area (Å²) in [6.07, 6.45) is 3.07. The Balaban J connectivity index is 1.74. The van der Waals surface area contributed by atoms with Crippen LogP contribution < -0.4 is 10.2 Å². The Morgan fingerprint density at radius 2 is 1.76 bits per heavy atom. The van der Waals surface area contributed by atoms with Gasteiger partial charge in [-0.3, -0.25) is 4.79 Å². The Hall–Kier alpha value is -2.73. The van der Waals surface area contributed by atoms with Crippen LogP contribution in [0, 0.1) is 6.92 Å². The molecule has 0 atom stereocenters. The molecule has 0 aliphatic heterocycles. The Morgan fingerprint density at radius 1 is 1.08 bits per heavy atom. The van der Waals surface area contributed by atoms with E-state index >= 15 is 0 Å². The number of para-hydroxylation sites is 1. The second kappa shape index (κ2) is 7.44. The van der Waals surface area contributed by atoms with Crippen LogP contribution in [-0.2, 0) is 0 Å². The van der Waals surface area contributed by atoms with Crippen molar-refractivity contribution in [1.29, 1.82) is 0 Å². The van der Waals surface area contributed by atoms with Crippen LogP contribution in [0.1, 0.15) is 15.9 Å². The second-order valence-corrected chi connectivity index (χ2v) is 6.49. The molecular formula is C19H17BrN4O. The van der Waals surface area contributed by atoms with E-state index in [9.17, 15) is 4.79 Å². The highest BCUT2D eigenvalue weighted by Crippen LogP contribution is 2.22. The first-order chi connectivity index (χ1) is 12.0. The lowest BCUT2D eigenvalue weighted by Gasteiger charge is -2.17. The van der Waals surface area contributed by atoms with Gasteiger partial charge in [-0.15, -0.1) is 0 Å². The largest absolute Gasteiger partial charge is 0.324 e. The molecule has 25 heavy (non-hydrogen) atoms. The topological polar surface area (TPSA) is 58.1 Å². The maximum absolute atomic E-state index is 12.5. The molecule has 3 rings (SSSR count). The number of carbonyl (C=O) groups excluding carboxylic acids is 1. The zero-order valence-electron chi connectivity index (χ0n) is 13.9. The first-order valence-corrected chi connectivity index (χ1v) is 8.52. The number of nitrogens with zero attached hydrogens (tertiary/aromatic N) is 3. The molecular weight excluding hydrogens is 380 g/mol. The molecule has 1 heterocycles. The maximum atomic E-state index is 12.5. The van der Waals surface area contributed by atoms with Crippen LogP contribution in [0.15, 0.2) is 65.4 Å². The van der Waals surface area contributed by atoms with Gasteiger partial charge in [-0.05, 0) is 42.8 Å². The van der Waals surface area contributed by atoms with Crippen molar-refractivity contribution >= 4 is 39.2 Å². The number of aromatic nitrogens is 2. The summed E-state index contributed by atoms with van der Waals surface area (Å²) >= 11 is 3.44. The van der Waals surface area contributed by atoms with Crippen LogP contribution in [0.25, 0.3) is 0 Å². The van der Waals surface area contributed by atoms with Crippen LogP contribution >= 0.6 is 15.9 Å². The minimum absolute atomic E-state index is 0.155. The molecule has 2 aromatic carbocycles. The Labute approximate surface area is 154 Å². The normalized spacial score (nSPS) is 10.4. The molecule has 126 valence electrons. The van der Waals surface area contributed by atoms with Gasteiger partial charge in [-0.2, -0.15) is 0 Å². The molecule has 3 aromatic rings. The molecule has 0 bridgehead atoms. The van der Waals surface area contributed by atoms with Crippen molar-refractivity contribution in [3.8, 4) is 0 Å². The predicted octanol–water partition coefficient (Wildman–Crippen LogP) is 4.57. The predicted molar refractivity (Wildman–Crippen MR) is 103 cm³/mol. The fourth-order valence-electron chi connectivity index (χ4n) is 2.35. The molecule has 1 amide bonds. The molecule has 0 radical (unpaired) electrons. The van der Waals surface area contributed by atoms with E-state index in [4.69, 9.17) is 0 Å². The van der Waals surface area contributed by atoms with Crippen molar-refractivity contribution in [3.05, 3.63) is 76.5 Å². The van der Waals surface area contributed by atoms with Gasteiger partial charge in [-0.25, -0.2) is 9.97 Å². The number of anilines is 3.